The Morgan fingerprint density at radius 3 is 2.21 bits per heavy atom. The predicted octanol–water partition coefficient (Wildman–Crippen LogP) is 2.79. The highest BCUT2D eigenvalue weighted by molar-refractivity contribution is 7.92. The van der Waals surface area contributed by atoms with Gasteiger partial charge in [-0.3, -0.25) is 13.9 Å². The molecule has 0 saturated carbocycles. The monoisotopic (exact) mass is 475 g/mol. The second kappa shape index (κ2) is 12.2. The van der Waals surface area contributed by atoms with Gasteiger partial charge in [-0.15, -0.1) is 0 Å². The molecule has 0 radical (unpaired) electrons. The summed E-state index contributed by atoms with van der Waals surface area (Å²) in [4.78, 5) is 27.7. The van der Waals surface area contributed by atoms with Gasteiger partial charge in [-0.2, -0.15) is 0 Å². The molecule has 2 aromatic carbocycles. The van der Waals surface area contributed by atoms with Crippen LogP contribution in [0.1, 0.15) is 32.8 Å². The number of nitrogens with zero attached hydrogens (tertiary/aromatic N) is 2. The fourth-order valence-electron chi connectivity index (χ4n) is 3.53. The molecule has 8 nitrogen and oxygen atoms in total. The van der Waals surface area contributed by atoms with Crippen LogP contribution in [0.15, 0.2) is 54.6 Å². The molecular formula is C24H33N3O5S. The third kappa shape index (κ3) is 7.21. The van der Waals surface area contributed by atoms with Gasteiger partial charge in [0.2, 0.25) is 21.8 Å². The number of hydrogen-bond acceptors (Lipinski definition) is 5. The summed E-state index contributed by atoms with van der Waals surface area (Å²) >= 11 is 0. The molecule has 0 aromatic heterocycles. The molecule has 0 aliphatic carbocycles. The number of carbonyl (C=O) groups excluding carboxylic acids is 2. The van der Waals surface area contributed by atoms with Crippen LogP contribution in [-0.2, 0) is 26.2 Å². The fraction of sp³-hybridized carbons (Fsp3) is 0.417. The van der Waals surface area contributed by atoms with Gasteiger partial charge in [-0.1, -0.05) is 49.4 Å². The number of ether oxygens (including phenoxy) is 1. The maximum absolute atomic E-state index is 13.6. The van der Waals surface area contributed by atoms with Crippen LogP contribution in [0.4, 0.5) is 5.69 Å². The van der Waals surface area contributed by atoms with Crippen LogP contribution in [0.25, 0.3) is 0 Å². The van der Waals surface area contributed by atoms with Gasteiger partial charge in [0.25, 0.3) is 0 Å². The summed E-state index contributed by atoms with van der Waals surface area (Å²) in [6, 6.07) is 15.3. The Labute approximate surface area is 196 Å². The molecule has 0 fully saturated rings. The average Bonchev–Trinajstić information content (AvgIpc) is 2.78. The number of hydrogen-bond donors (Lipinski definition) is 1. The number of benzene rings is 2. The molecular weight excluding hydrogens is 442 g/mol. The molecule has 2 amide bonds. The molecule has 1 N–H and O–H groups in total. The second-order valence-corrected chi connectivity index (χ2v) is 9.40. The largest absolute Gasteiger partial charge is 0.492 e. The third-order valence-electron chi connectivity index (χ3n) is 5.05. The van der Waals surface area contributed by atoms with Gasteiger partial charge in [0.05, 0.1) is 18.6 Å². The van der Waals surface area contributed by atoms with Crippen molar-refractivity contribution in [2.45, 2.75) is 39.8 Å². The van der Waals surface area contributed by atoms with Crippen LogP contribution < -0.4 is 14.4 Å². The molecule has 33 heavy (non-hydrogen) atoms. The van der Waals surface area contributed by atoms with Crippen LogP contribution in [0.2, 0.25) is 0 Å². The number of likely N-dealkylation sites (N-methyl/N-ethyl adjacent to an activating group) is 1. The molecule has 2 rings (SSSR count). The topological polar surface area (TPSA) is 96.0 Å². The lowest BCUT2D eigenvalue weighted by Crippen LogP contribution is -2.52. The summed E-state index contributed by atoms with van der Waals surface area (Å²) in [5, 5.41) is 2.77. The molecule has 9 heteroatoms. The van der Waals surface area contributed by atoms with Gasteiger partial charge in [0.15, 0.2) is 0 Å². The maximum Gasteiger partial charge on any atom is 0.244 e. The van der Waals surface area contributed by atoms with E-state index in [-0.39, 0.29) is 18.1 Å². The summed E-state index contributed by atoms with van der Waals surface area (Å²) < 4.78 is 32.0. The van der Waals surface area contributed by atoms with E-state index in [1.807, 2.05) is 44.2 Å². The predicted molar refractivity (Wildman–Crippen MR) is 130 cm³/mol. The first-order valence-electron chi connectivity index (χ1n) is 11.0. The molecule has 0 aliphatic rings. The molecule has 0 aliphatic heterocycles. The zero-order valence-electron chi connectivity index (χ0n) is 19.7. The summed E-state index contributed by atoms with van der Waals surface area (Å²) in [6.07, 6.45) is 1.43. The van der Waals surface area contributed by atoms with Crippen LogP contribution in [-0.4, -0.2) is 57.1 Å². The van der Waals surface area contributed by atoms with Crippen LogP contribution in [0, 0.1) is 0 Å². The Morgan fingerprint density at radius 1 is 1.00 bits per heavy atom. The molecule has 180 valence electrons. The van der Waals surface area contributed by atoms with Crippen molar-refractivity contribution < 1.29 is 22.7 Å². The van der Waals surface area contributed by atoms with Crippen molar-refractivity contribution in [3.05, 3.63) is 60.2 Å². The van der Waals surface area contributed by atoms with Gasteiger partial charge >= 0.3 is 0 Å². The smallest absolute Gasteiger partial charge is 0.244 e. The van der Waals surface area contributed by atoms with Gasteiger partial charge in [-0.05, 0) is 38.0 Å². The number of anilines is 1. The first kappa shape index (κ1) is 26.2. The van der Waals surface area contributed by atoms with Crippen LogP contribution in [0.3, 0.4) is 0 Å². The van der Waals surface area contributed by atoms with Crippen molar-refractivity contribution in [2.24, 2.45) is 0 Å². The number of para-hydroxylation sites is 2. The molecule has 0 bridgehead atoms. The second-order valence-electron chi connectivity index (χ2n) is 7.50. The number of nitrogens with one attached hydrogen (secondary N) is 1. The Morgan fingerprint density at radius 2 is 1.64 bits per heavy atom. The van der Waals surface area contributed by atoms with E-state index in [4.69, 9.17) is 4.74 Å². The SMILES string of the molecule is CCNC(=O)[C@H](CC)N(Cc1ccccc1)C(=O)CN(c1ccccc1OCC)S(C)(=O)=O. The lowest BCUT2D eigenvalue weighted by molar-refractivity contribution is -0.140. The molecule has 0 unspecified atom stereocenters. The van der Waals surface area contributed by atoms with Crippen molar-refractivity contribution in [3.63, 3.8) is 0 Å². The maximum atomic E-state index is 13.6. The van der Waals surface area contributed by atoms with E-state index in [0.29, 0.717) is 25.3 Å². The zero-order valence-corrected chi connectivity index (χ0v) is 20.5. The molecule has 0 spiro atoms. The highest BCUT2D eigenvalue weighted by Gasteiger charge is 2.32. The fourth-order valence-corrected chi connectivity index (χ4v) is 4.38. The number of amides is 2. The number of sulfonamides is 1. The third-order valence-corrected chi connectivity index (χ3v) is 6.17. The highest BCUT2D eigenvalue weighted by atomic mass is 32.2. The van der Waals surface area contributed by atoms with Gasteiger partial charge in [-0.25, -0.2) is 8.42 Å². The quantitative estimate of drug-likeness (QED) is 0.509. The van der Waals surface area contributed by atoms with E-state index < -0.39 is 28.5 Å². The summed E-state index contributed by atoms with van der Waals surface area (Å²) in [5.74, 6) is -0.387. The molecule has 0 saturated heterocycles. The minimum absolute atomic E-state index is 0.181. The zero-order chi connectivity index (χ0) is 24.4. The normalized spacial score (nSPS) is 12.0. The Hall–Kier alpha value is -3.07. The minimum atomic E-state index is -3.82. The standard InChI is InChI=1S/C24H33N3O5S/c1-5-20(24(29)25-6-2)26(17-19-13-9-8-10-14-19)23(28)18-27(33(4,30)31)21-15-11-12-16-22(21)32-7-3/h8-16,20H,5-7,17-18H2,1-4H3,(H,25,29)/t20-/m0/s1. The first-order chi connectivity index (χ1) is 15.7. The van der Waals surface area contributed by atoms with Crippen molar-refractivity contribution in [3.8, 4) is 5.75 Å². The number of carbonyl (C=O) groups is 2. The Kier molecular flexibility index (Phi) is 9.72. The van der Waals surface area contributed by atoms with Gasteiger partial charge in [0.1, 0.15) is 18.3 Å². The van der Waals surface area contributed by atoms with Crippen molar-refractivity contribution >= 4 is 27.5 Å². The van der Waals surface area contributed by atoms with Crippen molar-refractivity contribution in [1.29, 1.82) is 0 Å². The first-order valence-corrected chi connectivity index (χ1v) is 12.9. The summed E-state index contributed by atoms with van der Waals surface area (Å²) in [6.45, 7) is 5.93. The van der Waals surface area contributed by atoms with E-state index >= 15 is 0 Å². The van der Waals surface area contributed by atoms with Crippen molar-refractivity contribution in [2.75, 3.05) is 30.3 Å². The van der Waals surface area contributed by atoms with Gasteiger partial charge in [0, 0.05) is 13.1 Å². The summed E-state index contributed by atoms with van der Waals surface area (Å²) in [5.41, 5.74) is 1.12. The van der Waals surface area contributed by atoms with E-state index in [1.54, 1.807) is 31.2 Å². The summed E-state index contributed by atoms with van der Waals surface area (Å²) in [7, 11) is -3.82. The lowest BCUT2D eigenvalue weighted by Gasteiger charge is -2.33. The highest BCUT2D eigenvalue weighted by Crippen LogP contribution is 2.30. The number of rotatable bonds is 12. The minimum Gasteiger partial charge on any atom is -0.492 e. The molecule has 1 atom stereocenters. The average molecular weight is 476 g/mol. The van der Waals surface area contributed by atoms with E-state index in [9.17, 15) is 18.0 Å². The van der Waals surface area contributed by atoms with E-state index in [1.165, 1.54) is 4.90 Å². The van der Waals surface area contributed by atoms with E-state index in [2.05, 4.69) is 5.32 Å². The van der Waals surface area contributed by atoms with Crippen LogP contribution in [0.5, 0.6) is 5.75 Å². The Bertz CT molecular complexity index is 1030. The molecule has 0 heterocycles. The van der Waals surface area contributed by atoms with Gasteiger partial charge < -0.3 is 15.0 Å². The Balaban J connectivity index is 2.45. The van der Waals surface area contributed by atoms with Crippen LogP contribution >= 0.6 is 0 Å². The lowest BCUT2D eigenvalue weighted by atomic mass is 10.1. The molecule has 2 aromatic rings. The van der Waals surface area contributed by atoms with Crippen molar-refractivity contribution in [1.82, 2.24) is 10.2 Å². The van der Waals surface area contributed by atoms with E-state index in [0.717, 1.165) is 16.1 Å².